The number of amides is 2. The third-order valence-corrected chi connectivity index (χ3v) is 8.68. The molecule has 3 aliphatic rings. The lowest BCUT2D eigenvalue weighted by atomic mass is 9.97. The monoisotopic (exact) mass is 550 g/mol. The van der Waals surface area contributed by atoms with E-state index in [1.807, 2.05) is 28.5 Å². The Labute approximate surface area is 236 Å². The molecule has 1 aromatic heterocycles. The molecule has 2 bridgehead atoms. The molecule has 1 saturated carbocycles. The summed E-state index contributed by atoms with van der Waals surface area (Å²) >= 11 is 0. The Morgan fingerprint density at radius 1 is 1.20 bits per heavy atom. The summed E-state index contributed by atoms with van der Waals surface area (Å²) in [5.41, 5.74) is 2.85. The molecule has 40 heavy (non-hydrogen) atoms. The summed E-state index contributed by atoms with van der Waals surface area (Å²) in [6.07, 6.45) is 5.53. The normalized spacial score (nSPS) is 25.5. The van der Waals surface area contributed by atoms with Crippen molar-refractivity contribution in [3.63, 3.8) is 0 Å². The van der Waals surface area contributed by atoms with Crippen LogP contribution in [0.1, 0.15) is 82.1 Å². The Kier molecular flexibility index (Phi) is 8.04. The SMILES string of the molecule is CCC(=O)[C@@H]1C[C@]23COCCCCC(=O)NCc4cc(NCC(C)C)cc5c(C(C)=O)cn(c45)CC(=O)N1[C@@H]2C3. The number of nitrogens with zero attached hydrogens (tertiary/aromatic N) is 2. The van der Waals surface area contributed by atoms with Crippen LogP contribution in [0.2, 0.25) is 0 Å². The Morgan fingerprint density at radius 2 is 2.00 bits per heavy atom. The van der Waals surface area contributed by atoms with Gasteiger partial charge in [-0.15, -0.1) is 0 Å². The van der Waals surface area contributed by atoms with Gasteiger partial charge in [0.2, 0.25) is 11.8 Å². The molecular formula is C31H42N4O5. The van der Waals surface area contributed by atoms with E-state index in [0.717, 1.165) is 48.0 Å². The number of Topliss-reactive ketones (excluding diaryl/α,β-unsaturated/α-hetero) is 2. The van der Waals surface area contributed by atoms with Crippen LogP contribution in [0.4, 0.5) is 5.69 Å². The van der Waals surface area contributed by atoms with Gasteiger partial charge in [-0.3, -0.25) is 19.2 Å². The molecule has 0 unspecified atom stereocenters. The maximum atomic E-state index is 14.0. The fraction of sp³-hybridized carbons (Fsp3) is 0.613. The Bertz CT molecular complexity index is 1330. The smallest absolute Gasteiger partial charge is 0.243 e. The topological polar surface area (TPSA) is 110 Å². The molecule has 3 atom stereocenters. The highest BCUT2D eigenvalue weighted by atomic mass is 16.5. The number of aromatic nitrogens is 1. The zero-order valence-corrected chi connectivity index (χ0v) is 24.2. The van der Waals surface area contributed by atoms with Crippen molar-refractivity contribution in [2.75, 3.05) is 25.1 Å². The van der Waals surface area contributed by atoms with E-state index in [9.17, 15) is 19.2 Å². The molecule has 2 fully saturated rings. The first-order chi connectivity index (χ1) is 19.1. The van der Waals surface area contributed by atoms with E-state index in [0.29, 0.717) is 44.0 Å². The van der Waals surface area contributed by atoms with Crippen molar-refractivity contribution >= 4 is 40.0 Å². The van der Waals surface area contributed by atoms with Crippen molar-refractivity contribution in [1.29, 1.82) is 0 Å². The molecule has 0 spiro atoms. The minimum Gasteiger partial charge on any atom is -0.385 e. The van der Waals surface area contributed by atoms with E-state index >= 15 is 0 Å². The highest BCUT2D eigenvalue weighted by molar-refractivity contribution is 6.09. The lowest BCUT2D eigenvalue weighted by Crippen LogP contribution is -2.44. The molecule has 1 saturated heterocycles. The summed E-state index contributed by atoms with van der Waals surface area (Å²) in [4.78, 5) is 54.2. The van der Waals surface area contributed by atoms with Crippen LogP contribution in [-0.2, 0) is 32.2 Å². The number of benzene rings is 1. The van der Waals surface area contributed by atoms with Crippen molar-refractivity contribution in [3.05, 3.63) is 29.5 Å². The van der Waals surface area contributed by atoms with Gasteiger partial charge in [0, 0.05) is 66.8 Å². The third kappa shape index (κ3) is 5.53. The number of hydrogen-bond donors (Lipinski definition) is 2. The number of anilines is 1. The fourth-order valence-electron chi connectivity index (χ4n) is 6.47. The highest BCUT2D eigenvalue weighted by Gasteiger charge is 2.66. The molecule has 2 aromatic rings. The number of carbonyl (C=O) groups is 4. The second-order valence-electron chi connectivity index (χ2n) is 12.2. The average molecular weight is 551 g/mol. The Hall–Kier alpha value is -3.20. The zero-order valence-electron chi connectivity index (χ0n) is 24.2. The van der Waals surface area contributed by atoms with E-state index in [1.165, 1.54) is 6.92 Å². The van der Waals surface area contributed by atoms with Gasteiger partial charge in [0.1, 0.15) is 6.54 Å². The van der Waals surface area contributed by atoms with E-state index in [-0.39, 0.29) is 47.9 Å². The van der Waals surface area contributed by atoms with Crippen LogP contribution in [-0.4, -0.2) is 64.7 Å². The molecule has 2 N–H and O–H groups in total. The summed E-state index contributed by atoms with van der Waals surface area (Å²) < 4.78 is 7.86. The number of ketones is 2. The van der Waals surface area contributed by atoms with Crippen LogP contribution < -0.4 is 10.6 Å². The summed E-state index contributed by atoms with van der Waals surface area (Å²) in [7, 11) is 0. The van der Waals surface area contributed by atoms with Gasteiger partial charge in [-0.25, -0.2) is 0 Å². The fourth-order valence-corrected chi connectivity index (χ4v) is 6.47. The average Bonchev–Trinajstić information content (AvgIpc) is 3.32. The van der Waals surface area contributed by atoms with Gasteiger partial charge in [0.05, 0.1) is 18.2 Å². The lowest BCUT2D eigenvalue weighted by Gasteiger charge is -2.27. The molecule has 2 amide bonds. The van der Waals surface area contributed by atoms with E-state index in [2.05, 4.69) is 24.5 Å². The van der Waals surface area contributed by atoms with Crippen molar-refractivity contribution in [3.8, 4) is 0 Å². The van der Waals surface area contributed by atoms with Crippen LogP contribution >= 0.6 is 0 Å². The zero-order chi connectivity index (χ0) is 28.6. The van der Waals surface area contributed by atoms with Crippen molar-refractivity contribution < 1.29 is 23.9 Å². The van der Waals surface area contributed by atoms with E-state index < -0.39 is 6.04 Å². The van der Waals surface area contributed by atoms with E-state index in [4.69, 9.17) is 4.74 Å². The number of nitrogens with one attached hydrogen (secondary N) is 2. The second kappa shape index (κ2) is 11.4. The van der Waals surface area contributed by atoms with Gasteiger partial charge in [-0.1, -0.05) is 20.8 Å². The van der Waals surface area contributed by atoms with Crippen LogP contribution in [0.5, 0.6) is 0 Å². The number of carbonyl (C=O) groups excluding carboxylic acids is 4. The first-order valence-corrected chi connectivity index (χ1v) is 14.7. The molecule has 3 heterocycles. The molecular weight excluding hydrogens is 508 g/mol. The summed E-state index contributed by atoms with van der Waals surface area (Å²) in [5, 5.41) is 7.26. The lowest BCUT2D eigenvalue weighted by molar-refractivity contribution is -0.139. The third-order valence-electron chi connectivity index (χ3n) is 8.68. The summed E-state index contributed by atoms with van der Waals surface area (Å²) in [6, 6.07) is 3.53. The van der Waals surface area contributed by atoms with Crippen LogP contribution in [0.25, 0.3) is 10.9 Å². The first-order valence-electron chi connectivity index (χ1n) is 14.7. The Balaban J connectivity index is 1.57. The first kappa shape index (κ1) is 28.3. The predicted octanol–water partition coefficient (Wildman–Crippen LogP) is 4.07. The largest absolute Gasteiger partial charge is 0.385 e. The van der Waals surface area contributed by atoms with Gasteiger partial charge in [-0.2, -0.15) is 0 Å². The second-order valence-corrected chi connectivity index (χ2v) is 12.2. The quantitative estimate of drug-likeness (QED) is 0.525. The number of piperidine rings is 1. The standard InChI is InChI=1S/C31H42N4O5/c1-5-26(37)25-12-31-13-27(31)35(25)29(39)17-34-16-24(20(4)36)23-11-22(32-14-19(2)3)10-21(30(23)34)15-33-28(38)8-6-7-9-40-18-31/h10-11,16,19,25,27,32H,5-9,12-15,17-18H2,1-4H3,(H,33,38)/t25-,27+,31-/m0/s1. The van der Waals surface area contributed by atoms with Crippen LogP contribution in [0.15, 0.2) is 18.3 Å². The molecule has 1 aromatic carbocycles. The molecule has 2 aliphatic heterocycles. The van der Waals surface area contributed by atoms with Crippen LogP contribution in [0, 0.1) is 11.3 Å². The van der Waals surface area contributed by atoms with Crippen molar-refractivity contribution in [2.45, 2.75) is 91.4 Å². The van der Waals surface area contributed by atoms with Gasteiger partial charge >= 0.3 is 0 Å². The molecule has 1 aliphatic carbocycles. The molecule has 9 heteroatoms. The molecule has 5 rings (SSSR count). The minimum absolute atomic E-state index is 0.000150. The maximum Gasteiger partial charge on any atom is 0.243 e. The number of ether oxygens (including phenoxy) is 1. The number of hydrogen-bond acceptors (Lipinski definition) is 6. The van der Waals surface area contributed by atoms with Crippen LogP contribution in [0.3, 0.4) is 0 Å². The summed E-state index contributed by atoms with van der Waals surface area (Å²) in [6.45, 7) is 9.78. The predicted molar refractivity (Wildman–Crippen MR) is 153 cm³/mol. The van der Waals surface area contributed by atoms with Crippen molar-refractivity contribution in [2.24, 2.45) is 11.3 Å². The van der Waals surface area contributed by atoms with Gasteiger partial charge in [0.15, 0.2) is 11.6 Å². The minimum atomic E-state index is -0.432. The van der Waals surface area contributed by atoms with Gasteiger partial charge in [-0.05, 0) is 56.2 Å². The van der Waals surface area contributed by atoms with Crippen molar-refractivity contribution in [1.82, 2.24) is 14.8 Å². The maximum absolute atomic E-state index is 14.0. The highest BCUT2D eigenvalue weighted by Crippen LogP contribution is 2.60. The van der Waals surface area contributed by atoms with E-state index in [1.54, 1.807) is 6.20 Å². The molecule has 0 radical (unpaired) electrons. The number of rotatable bonds is 6. The van der Waals surface area contributed by atoms with Gasteiger partial charge < -0.3 is 24.8 Å². The molecule has 216 valence electrons. The summed E-state index contributed by atoms with van der Waals surface area (Å²) in [5.74, 6) is 0.262. The molecule has 9 nitrogen and oxygen atoms in total. The van der Waals surface area contributed by atoms with Gasteiger partial charge in [0.25, 0.3) is 0 Å². The Morgan fingerprint density at radius 3 is 2.73 bits per heavy atom.